The monoisotopic (exact) mass is 255 g/mol. The van der Waals surface area contributed by atoms with Crippen LogP contribution in [-0.2, 0) is 0 Å². The number of carboxylic acids is 1. The SMILES string of the molecule is CC1CCCN(c2ncc(Cl)c(C(=O)O)n2)C1. The molecule has 2 rings (SSSR count). The van der Waals surface area contributed by atoms with Crippen LogP contribution in [-0.4, -0.2) is 34.1 Å². The molecule has 0 aliphatic carbocycles. The molecule has 92 valence electrons. The second-order valence-electron chi connectivity index (χ2n) is 4.37. The van der Waals surface area contributed by atoms with Crippen LogP contribution in [0.3, 0.4) is 0 Å². The van der Waals surface area contributed by atoms with Crippen molar-refractivity contribution in [2.75, 3.05) is 18.0 Å². The molecule has 1 N–H and O–H groups in total. The molecule has 6 heteroatoms. The average Bonchev–Trinajstić information content (AvgIpc) is 2.29. The van der Waals surface area contributed by atoms with Gasteiger partial charge in [-0.1, -0.05) is 18.5 Å². The molecule has 0 radical (unpaired) electrons. The number of carbonyl (C=O) groups is 1. The molecule has 1 saturated heterocycles. The van der Waals surface area contributed by atoms with E-state index in [2.05, 4.69) is 16.9 Å². The van der Waals surface area contributed by atoms with E-state index in [4.69, 9.17) is 16.7 Å². The van der Waals surface area contributed by atoms with Crippen molar-refractivity contribution in [2.24, 2.45) is 5.92 Å². The van der Waals surface area contributed by atoms with Crippen LogP contribution in [0.15, 0.2) is 6.20 Å². The summed E-state index contributed by atoms with van der Waals surface area (Å²) < 4.78 is 0. The molecule has 0 aromatic carbocycles. The topological polar surface area (TPSA) is 66.3 Å². The average molecular weight is 256 g/mol. The first-order valence-corrected chi connectivity index (χ1v) is 5.96. The maximum atomic E-state index is 10.9. The molecule has 1 fully saturated rings. The predicted octanol–water partition coefficient (Wildman–Crippen LogP) is 2.06. The number of halogens is 1. The summed E-state index contributed by atoms with van der Waals surface area (Å²) in [5.41, 5.74) is -0.130. The number of carboxylic acid groups (broad SMARTS) is 1. The zero-order valence-corrected chi connectivity index (χ0v) is 10.3. The number of piperidine rings is 1. The van der Waals surface area contributed by atoms with E-state index in [1.807, 2.05) is 4.90 Å². The summed E-state index contributed by atoms with van der Waals surface area (Å²) in [6.07, 6.45) is 3.62. The summed E-state index contributed by atoms with van der Waals surface area (Å²) in [5, 5.41) is 9.02. The fourth-order valence-corrected chi connectivity index (χ4v) is 2.20. The Kier molecular flexibility index (Phi) is 3.47. The van der Waals surface area contributed by atoms with Gasteiger partial charge in [-0.15, -0.1) is 0 Å². The van der Waals surface area contributed by atoms with Crippen molar-refractivity contribution in [1.82, 2.24) is 9.97 Å². The first-order valence-electron chi connectivity index (χ1n) is 5.58. The zero-order valence-electron chi connectivity index (χ0n) is 9.56. The molecule has 5 nitrogen and oxygen atoms in total. The Morgan fingerprint density at radius 1 is 1.65 bits per heavy atom. The van der Waals surface area contributed by atoms with Gasteiger partial charge in [-0.25, -0.2) is 14.8 Å². The Morgan fingerprint density at radius 3 is 3.06 bits per heavy atom. The first-order chi connectivity index (χ1) is 8.08. The van der Waals surface area contributed by atoms with E-state index >= 15 is 0 Å². The van der Waals surface area contributed by atoms with Crippen LogP contribution < -0.4 is 4.90 Å². The minimum atomic E-state index is -1.12. The highest BCUT2D eigenvalue weighted by Crippen LogP contribution is 2.22. The first kappa shape index (κ1) is 12.1. The molecule has 0 amide bonds. The fourth-order valence-electron chi connectivity index (χ4n) is 2.03. The van der Waals surface area contributed by atoms with E-state index in [0.29, 0.717) is 11.9 Å². The van der Waals surface area contributed by atoms with Crippen molar-refractivity contribution >= 4 is 23.5 Å². The number of aromatic nitrogens is 2. The van der Waals surface area contributed by atoms with Crippen LogP contribution in [0.5, 0.6) is 0 Å². The van der Waals surface area contributed by atoms with Crippen molar-refractivity contribution < 1.29 is 9.90 Å². The van der Waals surface area contributed by atoms with Gasteiger partial charge >= 0.3 is 5.97 Å². The van der Waals surface area contributed by atoms with Gasteiger partial charge in [0.15, 0.2) is 5.69 Å². The van der Waals surface area contributed by atoms with Gasteiger partial charge in [-0.3, -0.25) is 0 Å². The fraction of sp³-hybridized carbons (Fsp3) is 0.545. The number of rotatable bonds is 2. The van der Waals surface area contributed by atoms with Crippen molar-refractivity contribution in [3.8, 4) is 0 Å². The number of hydrogen-bond donors (Lipinski definition) is 1. The van der Waals surface area contributed by atoms with Crippen molar-refractivity contribution in [3.63, 3.8) is 0 Å². The van der Waals surface area contributed by atoms with Gasteiger partial charge in [0.05, 0.1) is 11.2 Å². The highest BCUT2D eigenvalue weighted by atomic mass is 35.5. The van der Waals surface area contributed by atoms with Gasteiger partial charge in [0, 0.05) is 13.1 Å². The summed E-state index contributed by atoms with van der Waals surface area (Å²) in [4.78, 5) is 21.1. The Bertz CT molecular complexity index is 439. The van der Waals surface area contributed by atoms with E-state index in [1.54, 1.807) is 0 Å². The maximum absolute atomic E-state index is 10.9. The van der Waals surface area contributed by atoms with Gasteiger partial charge in [0.1, 0.15) is 0 Å². The standard InChI is InChI=1S/C11H14ClN3O2/c1-7-3-2-4-15(6-7)11-13-5-8(12)9(14-11)10(16)17/h5,7H,2-4,6H2,1H3,(H,16,17). The van der Waals surface area contributed by atoms with Crippen LogP contribution in [0.25, 0.3) is 0 Å². The van der Waals surface area contributed by atoms with Crippen molar-refractivity contribution in [2.45, 2.75) is 19.8 Å². The van der Waals surface area contributed by atoms with E-state index < -0.39 is 5.97 Å². The quantitative estimate of drug-likeness (QED) is 0.876. The van der Waals surface area contributed by atoms with E-state index in [0.717, 1.165) is 19.5 Å². The van der Waals surface area contributed by atoms with Crippen LogP contribution >= 0.6 is 11.6 Å². The molecular weight excluding hydrogens is 242 g/mol. The molecule has 0 saturated carbocycles. The van der Waals surface area contributed by atoms with Crippen molar-refractivity contribution in [1.29, 1.82) is 0 Å². The van der Waals surface area contributed by atoms with Gasteiger partial charge < -0.3 is 10.0 Å². The van der Waals surface area contributed by atoms with E-state index in [9.17, 15) is 4.79 Å². The number of anilines is 1. The molecule has 1 atom stereocenters. The lowest BCUT2D eigenvalue weighted by Crippen LogP contribution is -2.35. The minimum Gasteiger partial charge on any atom is -0.476 e. The smallest absolute Gasteiger partial charge is 0.356 e. The second-order valence-corrected chi connectivity index (χ2v) is 4.77. The Balaban J connectivity index is 2.26. The second kappa shape index (κ2) is 4.87. The normalized spacial score (nSPS) is 20.4. The summed E-state index contributed by atoms with van der Waals surface area (Å²) >= 11 is 5.73. The molecule has 2 heterocycles. The third kappa shape index (κ3) is 2.66. The highest BCUT2D eigenvalue weighted by molar-refractivity contribution is 6.33. The lowest BCUT2D eigenvalue weighted by Gasteiger charge is -2.30. The lowest BCUT2D eigenvalue weighted by atomic mass is 10.0. The molecule has 0 bridgehead atoms. The molecule has 1 aromatic heterocycles. The van der Waals surface area contributed by atoms with Crippen molar-refractivity contribution in [3.05, 3.63) is 16.9 Å². The maximum Gasteiger partial charge on any atom is 0.356 e. The Labute approximate surface area is 104 Å². The van der Waals surface area contributed by atoms with Crippen LogP contribution in [0.4, 0.5) is 5.95 Å². The molecular formula is C11H14ClN3O2. The number of hydrogen-bond acceptors (Lipinski definition) is 4. The zero-order chi connectivity index (χ0) is 12.4. The minimum absolute atomic E-state index is 0.0753. The van der Waals surface area contributed by atoms with E-state index in [1.165, 1.54) is 12.6 Å². The Hall–Kier alpha value is -1.36. The van der Waals surface area contributed by atoms with Gasteiger partial charge in [-0.05, 0) is 18.8 Å². The third-order valence-electron chi connectivity index (χ3n) is 2.87. The number of nitrogens with zero attached hydrogens (tertiary/aromatic N) is 3. The van der Waals surface area contributed by atoms with Gasteiger partial charge in [0.25, 0.3) is 0 Å². The molecule has 1 aliphatic heterocycles. The van der Waals surface area contributed by atoms with Gasteiger partial charge in [0.2, 0.25) is 5.95 Å². The van der Waals surface area contributed by atoms with Gasteiger partial charge in [-0.2, -0.15) is 0 Å². The van der Waals surface area contributed by atoms with E-state index in [-0.39, 0.29) is 10.7 Å². The van der Waals surface area contributed by atoms with Crippen LogP contribution in [0, 0.1) is 5.92 Å². The molecule has 1 unspecified atom stereocenters. The summed E-state index contributed by atoms with van der Waals surface area (Å²) in [6, 6.07) is 0. The molecule has 1 aliphatic rings. The Morgan fingerprint density at radius 2 is 2.41 bits per heavy atom. The third-order valence-corrected chi connectivity index (χ3v) is 3.15. The highest BCUT2D eigenvalue weighted by Gasteiger charge is 2.21. The largest absolute Gasteiger partial charge is 0.476 e. The lowest BCUT2D eigenvalue weighted by molar-refractivity contribution is 0.0690. The summed E-state index contributed by atoms with van der Waals surface area (Å²) in [7, 11) is 0. The summed E-state index contributed by atoms with van der Waals surface area (Å²) in [5.74, 6) is -0.0848. The molecule has 0 spiro atoms. The van der Waals surface area contributed by atoms with Crippen LogP contribution in [0.2, 0.25) is 5.02 Å². The van der Waals surface area contributed by atoms with Crippen LogP contribution in [0.1, 0.15) is 30.3 Å². The predicted molar refractivity (Wildman–Crippen MR) is 64.6 cm³/mol. The molecule has 17 heavy (non-hydrogen) atoms. The molecule has 1 aromatic rings. The summed E-state index contributed by atoms with van der Waals surface area (Å²) in [6.45, 7) is 3.89. The number of aromatic carboxylic acids is 1.